The highest BCUT2D eigenvalue weighted by atomic mass is 33.1. The Morgan fingerprint density at radius 3 is 1.53 bits per heavy atom. The van der Waals surface area contributed by atoms with E-state index in [1.807, 2.05) is 78.8 Å². The van der Waals surface area contributed by atoms with E-state index in [4.69, 9.17) is 11.5 Å². The van der Waals surface area contributed by atoms with Crippen molar-refractivity contribution >= 4 is 92.5 Å². The zero-order valence-electron chi connectivity index (χ0n) is 61.5. The number of hydrogen-bond donors (Lipinski definition) is 9. The number of nitrogens with two attached hydrogens (primary N) is 2. The molecule has 1 saturated heterocycles. The van der Waals surface area contributed by atoms with Crippen molar-refractivity contribution in [2.45, 2.75) is 218 Å². The molecule has 0 bridgehead atoms. The van der Waals surface area contributed by atoms with Gasteiger partial charge >= 0.3 is 5.97 Å². The maximum atomic E-state index is 14.8. The Kier molecular flexibility index (Phi) is 34.7. The number of amides is 11. The van der Waals surface area contributed by atoms with E-state index in [-0.39, 0.29) is 73.8 Å². The first-order valence-corrected chi connectivity index (χ1v) is 37.1. The smallest absolute Gasteiger partial charge is 0.326 e. The largest absolute Gasteiger partial charge is 0.480 e. The lowest BCUT2D eigenvalue weighted by atomic mass is 9.99. The maximum absolute atomic E-state index is 14.8. The number of likely N-dealkylation sites (N-methyl/N-ethyl adjacent to an activating group) is 4. The van der Waals surface area contributed by atoms with Crippen molar-refractivity contribution in [3.8, 4) is 0 Å². The van der Waals surface area contributed by atoms with Gasteiger partial charge in [-0.05, 0) is 114 Å². The number of benzene rings is 3. The number of hydrogen-bond acceptors (Lipinski definition) is 16. The number of rotatable bonds is 39. The minimum Gasteiger partial charge on any atom is -0.480 e. The van der Waals surface area contributed by atoms with Crippen molar-refractivity contribution in [1.29, 1.82) is 0 Å². The summed E-state index contributed by atoms with van der Waals surface area (Å²) in [5, 5.41) is 26.5. The molecule has 12 atom stereocenters. The fourth-order valence-electron chi connectivity index (χ4n) is 11.5. The van der Waals surface area contributed by atoms with Gasteiger partial charge < -0.3 is 73.0 Å². The first-order chi connectivity index (χ1) is 47.5. The number of likely N-dealkylation sites (tertiary alicyclic amines) is 1. The molecule has 558 valence electrons. The van der Waals surface area contributed by atoms with Gasteiger partial charge in [-0.1, -0.05) is 161 Å². The lowest BCUT2D eigenvalue weighted by molar-refractivity contribution is -0.150. The molecule has 28 heteroatoms. The number of nitrogens with zero attached hydrogens (tertiary/aromatic N) is 5. The van der Waals surface area contributed by atoms with Crippen LogP contribution in [-0.4, -0.2) is 225 Å². The lowest BCUT2D eigenvalue weighted by Crippen LogP contribution is -2.60. The third kappa shape index (κ3) is 27.0. The number of carbonyl (C=O) groups is 12. The predicted molar refractivity (Wildman–Crippen MR) is 393 cm³/mol. The Labute approximate surface area is 604 Å². The van der Waals surface area contributed by atoms with E-state index in [1.165, 1.54) is 97.1 Å². The molecule has 0 spiro atoms. The lowest BCUT2D eigenvalue weighted by Gasteiger charge is -2.36. The summed E-state index contributed by atoms with van der Waals surface area (Å²) in [7, 11) is 8.46. The van der Waals surface area contributed by atoms with E-state index >= 15 is 0 Å². The van der Waals surface area contributed by atoms with Crippen molar-refractivity contribution in [2.75, 3.05) is 47.0 Å². The van der Waals surface area contributed by atoms with Crippen LogP contribution < -0.4 is 43.4 Å². The van der Waals surface area contributed by atoms with Gasteiger partial charge in [0, 0.05) is 58.1 Å². The second kappa shape index (κ2) is 41.1. The fraction of sp³-hybridized carbons (Fsp3) is 0.589. The summed E-state index contributed by atoms with van der Waals surface area (Å²) in [6.07, 6.45) is 2.51. The molecule has 3 aromatic rings. The minimum absolute atomic E-state index is 0.0208. The van der Waals surface area contributed by atoms with Gasteiger partial charge in [-0.2, -0.15) is 0 Å². The predicted octanol–water partition coefficient (Wildman–Crippen LogP) is 3.81. The summed E-state index contributed by atoms with van der Waals surface area (Å²) in [4.78, 5) is 176. The SMILES string of the molecule is CC(C)C[C@H](NC(=O)[C@H](CCCCN)NC(=O)[C@@H](N)Cc1ccccc1)C(=O)N(C)[C@@H](C)C(=O)N(C)[C@@H](CC(C)C)C(=O)N[C@@H](C)C(=O)N(C)[C@@H](Cc1ccccc1)C(=O)N(C)[C@@H](C)C(=O)N[C@@H](C)C(=O)N[C@@H](Cc1ccccc1)C(=O)N[C@@H](CSSC(C)(C)C)C(=O)N1CCC[C@H]1C(=O)O. The van der Waals surface area contributed by atoms with Gasteiger partial charge in [0.15, 0.2) is 0 Å². The van der Waals surface area contributed by atoms with Gasteiger partial charge in [0.25, 0.3) is 0 Å². The van der Waals surface area contributed by atoms with Gasteiger partial charge in [-0.15, -0.1) is 0 Å². The van der Waals surface area contributed by atoms with Crippen LogP contribution in [0.4, 0.5) is 0 Å². The normalized spacial score (nSPS) is 16.3. The molecule has 3 aromatic carbocycles. The Morgan fingerprint density at radius 1 is 0.515 bits per heavy atom. The molecule has 11 amide bonds. The number of carboxylic acid groups (broad SMARTS) is 1. The quantitative estimate of drug-likeness (QED) is 0.0290. The van der Waals surface area contributed by atoms with Gasteiger partial charge in [0.05, 0.1) is 6.04 Å². The average Bonchev–Trinajstić information content (AvgIpc) is 1.53. The van der Waals surface area contributed by atoms with Crippen molar-refractivity contribution in [2.24, 2.45) is 23.3 Å². The molecule has 1 heterocycles. The Morgan fingerprint density at radius 2 is 1.00 bits per heavy atom. The standard InChI is InChI=1S/C73H111N13O13S2/c1-44(2)38-56(80-64(90)54(34-25-26-36-74)78-63(89)53(75)40-50-28-19-16-20-29-50)69(95)83(13)49(8)68(94)84(14)59(39-45(3)4)66(92)77-47(6)67(93)85(15)60(42-52-32-23-18-24-33-52)71(97)82(12)48(7)62(88)76-46(5)61(87)79-55(41-51-30-21-17-22-31-51)65(91)81-57(43-100-101-73(9,10)11)70(96)86-37-27-35-58(86)72(98)99/h16-24,28-33,44-49,53-60H,25-27,34-43,74-75H2,1-15H3,(H,76,88)(H,77,92)(H,78,89)(H,79,87)(H,80,90)(H,81,91)(H,98,99)/t46-,47-,48-,49-,53-,54-,55-,56-,57-,58-,59-,60-/m0/s1. The van der Waals surface area contributed by atoms with Crippen LogP contribution in [0.5, 0.6) is 0 Å². The Bertz CT molecular complexity index is 3260. The number of carboxylic acids is 1. The number of unbranched alkanes of at least 4 members (excludes halogenated alkanes) is 1. The van der Waals surface area contributed by atoms with Crippen LogP contribution in [0, 0.1) is 11.8 Å². The van der Waals surface area contributed by atoms with E-state index in [0.29, 0.717) is 36.9 Å². The molecular formula is C73H111N13O13S2. The summed E-state index contributed by atoms with van der Waals surface area (Å²) in [6, 6.07) is 12.8. The molecule has 0 aromatic heterocycles. The Balaban J connectivity index is 1.50. The molecular weight excluding hydrogens is 1330 g/mol. The number of carbonyl (C=O) groups excluding carboxylic acids is 11. The third-order valence-electron chi connectivity index (χ3n) is 17.7. The van der Waals surface area contributed by atoms with E-state index in [2.05, 4.69) is 31.9 Å². The molecule has 1 aliphatic heterocycles. The van der Waals surface area contributed by atoms with Crippen molar-refractivity contribution < 1.29 is 62.6 Å². The highest BCUT2D eigenvalue weighted by Crippen LogP contribution is 2.36. The summed E-state index contributed by atoms with van der Waals surface area (Å²) in [5.74, 6) is -8.57. The van der Waals surface area contributed by atoms with E-state index in [9.17, 15) is 62.6 Å². The summed E-state index contributed by atoms with van der Waals surface area (Å²) >= 11 is 0. The maximum Gasteiger partial charge on any atom is 0.326 e. The van der Waals surface area contributed by atoms with Crippen LogP contribution in [0.1, 0.15) is 138 Å². The highest BCUT2D eigenvalue weighted by Gasteiger charge is 2.42. The number of aliphatic carboxylic acids is 1. The molecule has 0 radical (unpaired) electrons. The van der Waals surface area contributed by atoms with E-state index in [0.717, 1.165) is 10.5 Å². The molecule has 4 rings (SSSR count). The minimum atomic E-state index is -1.29. The van der Waals surface area contributed by atoms with Crippen molar-refractivity contribution in [3.63, 3.8) is 0 Å². The highest BCUT2D eigenvalue weighted by molar-refractivity contribution is 8.77. The zero-order valence-corrected chi connectivity index (χ0v) is 63.1. The number of nitrogens with one attached hydrogen (secondary N) is 6. The van der Waals surface area contributed by atoms with Crippen molar-refractivity contribution in [3.05, 3.63) is 108 Å². The molecule has 101 heavy (non-hydrogen) atoms. The third-order valence-corrected chi connectivity index (χ3v) is 21.0. The first kappa shape index (κ1) is 85.3. The fourth-order valence-corrected chi connectivity index (χ4v) is 14.0. The van der Waals surface area contributed by atoms with Gasteiger partial charge in [0.2, 0.25) is 65.0 Å². The van der Waals surface area contributed by atoms with Gasteiger partial charge in [0.1, 0.15) is 66.5 Å². The van der Waals surface area contributed by atoms with Crippen LogP contribution in [0.3, 0.4) is 0 Å². The molecule has 11 N–H and O–H groups in total. The van der Waals surface area contributed by atoms with Crippen LogP contribution in [-0.2, 0) is 76.8 Å². The van der Waals surface area contributed by atoms with Gasteiger partial charge in [-0.25, -0.2) is 4.79 Å². The van der Waals surface area contributed by atoms with Crippen LogP contribution in [0.2, 0.25) is 0 Å². The summed E-state index contributed by atoms with van der Waals surface area (Å²) < 4.78 is -0.218. The summed E-state index contributed by atoms with van der Waals surface area (Å²) in [5.41, 5.74) is 14.2. The molecule has 1 fully saturated rings. The molecule has 0 unspecified atom stereocenters. The van der Waals surface area contributed by atoms with Crippen LogP contribution in [0.25, 0.3) is 0 Å². The van der Waals surface area contributed by atoms with Crippen molar-refractivity contribution in [1.82, 2.24) is 56.4 Å². The molecule has 0 saturated carbocycles. The van der Waals surface area contributed by atoms with Crippen LogP contribution >= 0.6 is 21.6 Å². The first-order valence-electron chi connectivity index (χ1n) is 34.8. The monoisotopic (exact) mass is 1440 g/mol. The summed E-state index contributed by atoms with van der Waals surface area (Å²) in [6.45, 7) is 19.8. The van der Waals surface area contributed by atoms with E-state index in [1.54, 1.807) is 60.7 Å². The molecule has 1 aliphatic rings. The zero-order chi connectivity index (χ0) is 75.6. The second-order valence-electron chi connectivity index (χ2n) is 28.1. The van der Waals surface area contributed by atoms with Gasteiger partial charge in [-0.3, -0.25) is 52.7 Å². The van der Waals surface area contributed by atoms with E-state index < -0.39 is 143 Å². The molecule has 0 aliphatic carbocycles. The Hall–Kier alpha value is -8.08. The van der Waals surface area contributed by atoms with Crippen LogP contribution in [0.15, 0.2) is 91.0 Å². The second-order valence-corrected chi connectivity index (χ2v) is 31.3. The molecule has 26 nitrogen and oxygen atoms in total. The average molecular weight is 1440 g/mol. The topological polar surface area (TPSA) is 365 Å².